The molecule has 0 saturated carbocycles. The van der Waals surface area contributed by atoms with Gasteiger partial charge in [-0.05, 0) is 44.5 Å². The third-order valence-electron chi connectivity index (χ3n) is 2.24. The first-order valence-electron chi connectivity index (χ1n) is 6.29. The average molecular weight is 276 g/mol. The summed E-state index contributed by atoms with van der Waals surface area (Å²) in [5.41, 5.74) is 1.08. The van der Waals surface area contributed by atoms with Gasteiger partial charge in [0.1, 0.15) is 5.60 Å². The van der Waals surface area contributed by atoms with Crippen LogP contribution >= 0.6 is 0 Å². The van der Waals surface area contributed by atoms with E-state index in [9.17, 15) is 9.59 Å². The van der Waals surface area contributed by atoms with Crippen molar-refractivity contribution in [1.29, 1.82) is 0 Å². The van der Waals surface area contributed by atoms with Gasteiger partial charge in [0, 0.05) is 12.2 Å². The summed E-state index contributed by atoms with van der Waals surface area (Å²) in [4.78, 5) is 22.6. The van der Waals surface area contributed by atoms with E-state index >= 15 is 0 Å². The Hall–Kier alpha value is -2.30. The molecule has 0 atom stereocenters. The molecule has 108 valence electrons. The van der Waals surface area contributed by atoms with Gasteiger partial charge in [0.2, 0.25) is 5.91 Å². The minimum atomic E-state index is -0.511. The summed E-state index contributed by atoms with van der Waals surface area (Å²) in [6.45, 7) is 9.17. The lowest BCUT2D eigenvalue weighted by atomic mass is 10.2. The van der Waals surface area contributed by atoms with Crippen LogP contribution < -0.4 is 10.6 Å². The molecular formula is C15H20N2O3. The largest absolute Gasteiger partial charge is 0.444 e. The minimum Gasteiger partial charge on any atom is -0.444 e. The lowest BCUT2D eigenvalue weighted by Gasteiger charge is -2.19. The molecule has 0 unspecified atom stereocenters. The van der Waals surface area contributed by atoms with Crippen LogP contribution in [0.25, 0.3) is 0 Å². The minimum absolute atomic E-state index is 0.260. The van der Waals surface area contributed by atoms with Crippen LogP contribution in [0.15, 0.2) is 36.9 Å². The van der Waals surface area contributed by atoms with Crippen molar-refractivity contribution in [2.45, 2.75) is 32.9 Å². The highest BCUT2D eigenvalue weighted by Gasteiger charge is 2.15. The molecule has 0 heterocycles. The molecule has 5 heteroatoms. The number of amides is 2. The van der Waals surface area contributed by atoms with Gasteiger partial charge in [-0.25, -0.2) is 4.79 Å². The SMILES string of the molecule is C=CC(=O)Nc1ccc(CNC(=O)OC(C)(C)C)cc1. The average Bonchev–Trinajstić information content (AvgIpc) is 2.36. The van der Waals surface area contributed by atoms with Crippen molar-refractivity contribution < 1.29 is 14.3 Å². The Morgan fingerprint density at radius 3 is 2.35 bits per heavy atom. The standard InChI is InChI=1S/C15H20N2O3/c1-5-13(18)17-12-8-6-11(7-9-12)10-16-14(19)20-15(2,3)4/h5-9H,1,10H2,2-4H3,(H,16,19)(H,17,18). The quantitative estimate of drug-likeness (QED) is 0.831. The number of hydrogen-bond donors (Lipinski definition) is 2. The Morgan fingerprint density at radius 1 is 1.25 bits per heavy atom. The van der Waals surface area contributed by atoms with E-state index < -0.39 is 11.7 Å². The molecule has 0 aromatic heterocycles. The van der Waals surface area contributed by atoms with Crippen molar-refractivity contribution in [3.8, 4) is 0 Å². The number of benzene rings is 1. The maximum absolute atomic E-state index is 11.5. The monoisotopic (exact) mass is 276 g/mol. The number of carbonyl (C=O) groups excluding carboxylic acids is 2. The fourth-order valence-electron chi connectivity index (χ4n) is 1.39. The van der Waals surface area contributed by atoms with Crippen LogP contribution in [0.5, 0.6) is 0 Å². The van der Waals surface area contributed by atoms with Gasteiger partial charge in [-0.3, -0.25) is 4.79 Å². The first-order valence-corrected chi connectivity index (χ1v) is 6.29. The predicted octanol–water partition coefficient (Wildman–Crippen LogP) is 2.84. The zero-order valence-electron chi connectivity index (χ0n) is 12.0. The predicted molar refractivity (Wildman–Crippen MR) is 78.3 cm³/mol. The summed E-state index contributed by atoms with van der Waals surface area (Å²) in [6, 6.07) is 7.15. The van der Waals surface area contributed by atoms with Crippen molar-refractivity contribution in [3.05, 3.63) is 42.5 Å². The van der Waals surface area contributed by atoms with Crippen LogP contribution in [0.2, 0.25) is 0 Å². The smallest absolute Gasteiger partial charge is 0.407 e. The van der Waals surface area contributed by atoms with E-state index in [4.69, 9.17) is 4.74 Å². The van der Waals surface area contributed by atoms with Gasteiger partial charge in [0.15, 0.2) is 0 Å². The molecule has 2 amide bonds. The second-order valence-corrected chi connectivity index (χ2v) is 5.25. The van der Waals surface area contributed by atoms with Gasteiger partial charge in [0.25, 0.3) is 0 Å². The Bertz CT molecular complexity index is 487. The van der Waals surface area contributed by atoms with Crippen LogP contribution in [0.4, 0.5) is 10.5 Å². The molecule has 0 radical (unpaired) electrons. The fraction of sp³-hybridized carbons (Fsp3) is 0.333. The van der Waals surface area contributed by atoms with Crippen molar-refractivity contribution in [2.75, 3.05) is 5.32 Å². The highest BCUT2D eigenvalue weighted by atomic mass is 16.6. The van der Waals surface area contributed by atoms with Crippen molar-refractivity contribution >= 4 is 17.7 Å². The summed E-state index contributed by atoms with van der Waals surface area (Å²) in [5.74, 6) is -0.260. The first kappa shape index (κ1) is 15.8. The number of carbonyl (C=O) groups is 2. The topological polar surface area (TPSA) is 67.4 Å². The van der Waals surface area contributed by atoms with Crippen molar-refractivity contribution in [1.82, 2.24) is 5.32 Å². The van der Waals surface area contributed by atoms with E-state index in [2.05, 4.69) is 17.2 Å². The summed E-state index contributed by atoms with van der Waals surface area (Å²) in [7, 11) is 0. The lowest BCUT2D eigenvalue weighted by Crippen LogP contribution is -2.32. The number of nitrogens with one attached hydrogen (secondary N) is 2. The Balaban J connectivity index is 2.48. The molecule has 20 heavy (non-hydrogen) atoms. The molecule has 0 spiro atoms. The van der Waals surface area contributed by atoms with Crippen LogP contribution in [0.3, 0.4) is 0 Å². The normalized spacial score (nSPS) is 10.6. The zero-order valence-corrected chi connectivity index (χ0v) is 12.0. The highest BCUT2D eigenvalue weighted by molar-refractivity contribution is 5.98. The number of rotatable bonds is 4. The van der Waals surface area contributed by atoms with Gasteiger partial charge in [-0.1, -0.05) is 18.7 Å². The molecule has 5 nitrogen and oxygen atoms in total. The van der Waals surface area contributed by atoms with Crippen LogP contribution in [-0.2, 0) is 16.1 Å². The number of ether oxygens (including phenoxy) is 1. The van der Waals surface area contributed by atoms with E-state index in [1.165, 1.54) is 6.08 Å². The molecule has 1 aromatic rings. The Kier molecular flexibility index (Phi) is 5.32. The third kappa shape index (κ3) is 6.04. The van der Waals surface area contributed by atoms with E-state index in [1.54, 1.807) is 12.1 Å². The first-order chi connectivity index (χ1) is 9.30. The van der Waals surface area contributed by atoms with Crippen LogP contribution in [0.1, 0.15) is 26.3 Å². The Labute approximate surface area is 119 Å². The maximum Gasteiger partial charge on any atom is 0.407 e. The van der Waals surface area contributed by atoms with Gasteiger partial charge in [-0.2, -0.15) is 0 Å². The van der Waals surface area contributed by atoms with Crippen LogP contribution in [0, 0.1) is 0 Å². The van der Waals surface area contributed by atoms with Gasteiger partial charge < -0.3 is 15.4 Å². The molecular weight excluding hydrogens is 256 g/mol. The van der Waals surface area contributed by atoms with E-state index in [-0.39, 0.29) is 5.91 Å². The van der Waals surface area contributed by atoms with E-state index in [0.717, 1.165) is 5.56 Å². The summed E-state index contributed by atoms with van der Waals surface area (Å²) in [6.07, 6.45) is 0.749. The molecule has 1 rings (SSSR count). The maximum atomic E-state index is 11.5. The molecule has 0 aliphatic heterocycles. The summed E-state index contributed by atoms with van der Waals surface area (Å²) < 4.78 is 5.13. The zero-order chi connectivity index (χ0) is 15.2. The van der Waals surface area contributed by atoms with E-state index in [1.807, 2.05) is 32.9 Å². The number of anilines is 1. The van der Waals surface area contributed by atoms with E-state index in [0.29, 0.717) is 12.2 Å². The molecule has 1 aromatic carbocycles. The van der Waals surface area contributed by atoms with Gasteiger partial charge in [-0.15, -0.1) is 0 Å². The summed E-state index contributed by atoms with van der Waals surface area (Å²) in [5, 5.41) is 5.31. The lowest BCUT2D eigenvalue weighted by molar-refractivity contribution is -0.111. The van der Waals surface area contributed by atoms with Gasteiger partial charge >= 0.3 is 6.09 Å². The third-order valence-corrected chi connectivity index (χ3v) is 2.24. The van der Waals surface area contributed by atoms with Gasteiger partial charge in [0.05, 0.1) is 0 Å². The highest BCUT2D eigenvalue weighted by Crippen LogP contribution is 2.10. The second kappa shape index (κ2) is 6.75. The fourth-order valence-corrected chi connectivity index (χ4v) is 1.39. The number of hydrogen-bond acceptors (Lipinski definition) is 3. The Morgan fingerprint density at radius 2 is 1.85 bits per heavy atom. The van der Waals surface area contributed by atoms with Crippen molar-refractivity contribution in [3.63, 3.8) is 0 Å². The molecule has 0 fully saturated rings. The molecule has 0 aliphatic carbocycles. The molecule has 0 bridgehead atoms. The molecule has 2 N–H and O–H groups in total. The molecule has 0 saturated heterocycles. The molecule has 0 aliphatic rings. The van der Waals surface area contributed by atoms with Crippen molar-refractivity contribution in [2.24, 2.45) is 0 Å². The van der Waals surface area contributed by atoms with Crippen LogP contribution in [-0.4, -0.2) is 17.6 Å². The second-order valence-electron chi connectivity index (χ2n) is 5.25. The summed E-state index contributed by atoms with van der Waals surface area (Å²) >= 11 is 0. The number of alkyl carbamates (subject to hydrolysis) is 1.